The summed E-state index contributed by atoms with van der Waals surface area (Å²) in [7, 11) is 0. The first-order valence-corrected chi connectivity index (χ1v) is 23.8. The molecule has 0 unspecified atom stereocenters. The molecular formula is C49H53Sn. The van der Waals surface area contributed by atoms with Crippen LogP contribution in [-0.2, 0) is 0 Å². The second kappa shape index (κ2) is 14.0. The van der Waals surface area contributed by atoms with Gasteiger partial charge in [-0.2, -0.15) is 0 Å². The van der Waals surface area contributed by atoms with Gasteiger partial charge in [0.25, 0.3) is 0 Å². The van der Waals surface area contributed by atoms with E-state index in [9.17, 15) is 0 Å². The molecule has 0 aliphatic rings. The summed E-state index contributed by atoms with van der Waals surface area (Å²) < 4.78 is 3.19. The Bertz CT molecular complexity index is 1890. The van der Waals surface area contributed by atoms with Crippen molar-refractivity contribution < 1.29 is 0 Å². The summed E-state index contributed by atoms with van der Waals surface area (Å²) >= 11 is -2.82. The van der Waals surface area contributed by atoms with Gasteiger partial charge in [-0.15, -0.1) is 0 Å². The molecule has 0 saturated heterocycles. The Morgan fingerprint density at radius 3 is 0.660 bits per heavy atom. The molecule has 0 heterocycles. The molecule has 0 fully saturated rings. The average molecular weight is 761 g/mol. The summed E-state index contributed by atoms with van der Waals surface area (Å²) in [6.07, 6.45) is 0. The van der Waals surface area contributed by atoms with Crippen LogP contribution in [0, 0.1) is 83.1 Å². The van der Waals surface area contributed by atoms with Crippen molar-refractivity contribution in [3.05, 3.63) is 152 Å². The SMILES string of the molecule is Cc1cc(C)c(-c2cccc(-c3c(C)cc(C)cc3C)[c]2[Sn]([CH3])[c]2c(-c3c(C)cc(C)cc3C)cccc2-c2c(C)cc(C)cc2C)c(C)c1. The van der Waals surface area contributed by atoms with Gasteiger partial charge in [-0.3, -0.25) is 0 Å². The van der Waals surface area contributed by atoms with Crippen LogP contribution in [-0.4, -0.2) is 19.8 Å². The minimum absolute atomic E-state index is 1.32. The third-order valence-corrected chi connectivity index (χ3v) is 18.0. The summed E-state index contributed by atoms with van der Waals surface area (Å²) in [6, 6.07) is 33.3. The first-order chi connectivity index (χ1) is 23.7. The molecule has 0 atom stereocenters. The first kappa shape index (κ1) is 35.9. The third kappa shape index (κ3) is 6.53. The van der Waals surface area contributed by atoms with Crippen molar-refractivity contribution in [3.8, 4) is 44.5 Å². The molecule has 6 aromatic carbocycles. The van der Waals surface area contributed by atoms with Gasteiger partial charge in [0.15, 0.2) is 0 Å². The Morgan fingerprint density at radius 1 is 0.300 bits per heavy atom. The van der Waals surface area contributed by atoms with Crippen LogP contribution in [0.4, 0.5) is 0 Å². The molecule has 0 saturated carbocycles. The monoisotopic (exact) mass is 761 g/mol. The van der Waals surface area contributed by atoms with Crippen LogP contribution in [0.15, 0.2) is 84.9 Å². The summed E-state index contributed by atoms with van der Waals surface area (Å²) in [4.78, 5) is 2.67. The molecule has 0 bridgehead atoms. The van der Waals surface area contributed by atoms with Crippen molar-refractivity contribution in [1.29, 1.82) is 0 Å². The third-order valence-electron chi connectivity index (χ3n) is 10.7. The van der Waals surface area contributed by atoms with Crippen molar-refractivity contribution in [1.82, 2.24) is 0 Å². The van der Waals surface area contributed by atoms with Gasteiger partial charge in [-0.05, 0) is 0 Å². The van der Waals surface area contributed by atoms with Crippen molar-refractivity contribution in [2.75, 3.05) is 0 Å². The van der Waals surface area contributed by atoms with Gasteiger partial charge in [0.05, 0.1) is 0 Å². The molecule has 0 aliphatic carbocycles. The number of benzene rings is 6. The molecule has 0 aromatic heterocycles. The number of hydrogen-bond acceptors (Lipinski definition) is 0. The number of aryl methyl sites for hydroxylation is 12. The maximum atomic E-state index is 2.67. The van der Waals surface area contributed by atoms with Crippen LogP contribution in [0.25, 0.3) is 44.5 Å². The zero-order valence-electron chi connectivity index (χ0n) is 32.6. The molecule has 0 amide bonds. The Labute approximate surface area is 309 Å². The molecule has 0 aliphatic heterocycles. The van der Waals surface area contributed by atoms with E-state index in [-0.39, 0.29) is 0 Å². The van der Waals surface area contributed by atoms with E-state index in [0.29, 0.717) is 0 Å². The molecule has 6 aromatic rings. The van der Waals surface area contributed by atoms with Crippen molar-refractivity contribution >= 4 is 26.9 Å². The number of hydrogen-bond donors (Lipinski definition) is 0. The van der Waals surface area contributed by atoms with E-state index < -0.39 is 19.8 Å². The van der Waals surface area contributed by atoms with Crippen molar-refractivity contribution in [2.24, 2.45) is 0 Å². The van der Waals surface area contributed by atoms with E-state index in [1.54, 1.807) is 7.16 Å². The first-order valence-electron chi connectivity index (χ1n) is 18.1. The molecule has 50 heavy (non-hydrogen) atoms. The zero-order chi connectivity index (χ0) is 36.2. The summed E-state index contributed by atoms with van der Waals surface area (Å²) in [5.74, 6) is 0. The average Bonchev–Trinajstić information content (AvgIpc) is 2.99. The predicted molar refractivity (Wildman–Crippen MR) is 222 cm³/mol. The van der Waals surface area contributed by atoms with Gasteiger partial charge in [0.2, 0.25) is 0 Å². The topological polar surface area (TPSA) is 0 Å². The standard InChI is InChI=1S/2C24H25.CH3.Sn/c2*1-15-10-17(3)23(18(4)11-15)21-8-7-9-22(14-21)24-19(5)12-16(2)13-20(24)6;;/h2*7-13H,1-6H3;1H3;. The van der Waals surface area contributed by atoms with Crippen LogP contribution in [0.3, 0.4) is 0 Å². The molecule has 253 valence electrons. The Balaban J connectivity index is 1.81. The number of rotatable bonds is 6. The van der Waals surface area contributed by atoms with Gasteiger partial charge in [-0.25, -0.2) is 0 Å². The van der Waals surface area contributed by atoms with E-state index in [1.165, 1.54) is 111 Å². The van der Waals surface area contributed by atoms with Crippen LogP contribution in [0.2, 0.25) is 4.94 Å². The fourth-order valence-corrected chi connectivity index (χ4v) is 17.0. The van der Waals surface area contributed by atoms with Gasteiger partial charge >= 0.3 is 311 Å². The van der Waals surface area contributed by atoms with Crippen LogP contribution in [0.1, 0.15) is 66.8 Å². The molecule has 0 nitrogen and oxygen atoms in total. The molecule has 0 N–H and O–H groups in total. The molecule has 0 spiro atoms. The van der Waals surface area contributed by atoms with Crippen LogP contribution < -0.4 is 7.16 Å². The minimum atomic E-state index is -2.82. The quantitative estimate of drug-likeness (QED) is 0.148. The van der Waals surface area contributed by atoms with Gasteiger partial charge in [0, 0.05) is 0 Å². The summed E-state index contributed by atoms with van der Waals surface area (Å²) in [5.41, 5.74) is 27.5. The Hall–Kier alpha value is -3.88. The molecule has 1 heteroatoms. The zero-order valence-corrected chi connectivity index (χ0v) is 35.4. The van der Waals surface area contributed by atoms with E-state index in [4.69, 9.17) is 0 Å². The predicted octanol–water partition coefficient (Wildman–Crippen LogP) is 12.3. The van der Waals surface area contributed by atoms with Crippen molar-refractivity contribution in [3.63, 3.8) is 0 Å². The molecule has 6 rings (SSSR count). The fourth-order valence-electron chi connectivity index (χ4n) is 9.29. The van der Waals surface area contributed by atoms with Gasteiger partial charge < -0.3 is 0 Å². The second-order valence-electron chi connectivity index (χ2n) is 15.2. The van der Waals surface area contributed by atoms with E-state index in [1.807, 2.05) is 0 Å². The normalized spacial score (nSPS) is 11.5. The van der Waals surface area contributed by atoms with Gasteiger partial charge in [-0.1, -0.05) is 0 Å². The van der Waals surface area contributed by atoms with Crippen LogP contribution >= 0.6 is 0 Å². The fraction of sp³-hybridized carbons (Fsp3) is 0.265. The second-order valence-corrected chi connectivity index (χ2v) is 21.6. The van der Waals surface area contributed by atoms with E-state index in [2.05, 4.69) is 173 Å². The summed E-state index contributed by atoms with van der Waals surface area (Å²) in [5, 5.41) is 0. The Kier molecular flexibility index (Phi) is 10.1. The summed E-state index contributed by atoms with van der Waals surface area (Å²) in [6.45, 7) is 27.4. The van der Waals surface area contributed by atoms with Crippen molar-refractivity contribution in [2.45, 2.75) is 88.0 Å². The van der Waals surface area contributed by atoms with E-state index in [0.717, 1.165) is 0 Å². The van der Waals surface area contributed by atoms with Gasteiger partial charge in [0.1, 0.15) is 0 Å². The molecular weight excluding hydrogens is 707 g/mol. The maximum absolute atomic E-state index is 2.82. The Morgan fingerprint density at radius 2 is 0.480 bits per heavy atom. The van der Waals surface area contributed by atoms with E-state index >= 15 is 0 Å². The molecule has 1 radical (unpaired) electrons. The van der Waals surface area contributed by atoms with Crippen LogP contribution in [0.5, 0.6) is 0 Å².